The lowest BCUT2D eigenvalue weighted by atomic mass is 9.57. The average molecular weight is 522 g/mol. The van der Waals surface area contributed by atoms with E-state index in [1.165, 1.54) is 12.1 Å². The summed E-state index contributed by atoms with van der Waals surface area (Å²) < 4.78 is 57.9. The minimum absolute atomic E-state index is 0.125. The summed E-state index contributed by atoms with van der Waals surface area (Å²) in [6.45, 7) is 0. The molecule has 0 unspecified atom stereocenters. The van der Waals surface area contributed by atoms with Crippen LogP contribution in [0.15, 0.2) is 97.1 Å². The third kappa shape index (κ3) is 2.94. The number of nitrogens with zero attached hydrogens (tertiary/aromatic N) is 1. The summed E-state index contributed by atoms with van der Waals surface area (Å²) in [6, 6.07) is 27.8. The van der Waals surface area contributed by atoms with Gasteiger partial charge in [-0.05, 0) is 46.0 Å². The van der Waals surface area contributed by atoms with Crippen molar-refractivity contribution in [2.45, 2.75) is 5.41 Å². The zero-order chi connectivity index (χ0) is 27.1. The maximum Gasteiger partial charge on any atom is 0.193 e. The Hall–Kier alpha value is -4.71. The van der Waals surface area contributed by atoms with Crippen molar-refractivity contribution in [2.75, 3.05) is 11.9 Å². The van der Waals surface area contributed by atoms with Gasteiger partial charge in [0.15, 0.2) is 29.1 Å². The van der Waals surface area contributed by atoms with Crippen LogP contribution in [0.25, 0.3) is 11.1 Å². The Morgan fingerprint density at radius 2 is 1.10 bits per heavy atom. The van der Waals surface area contributed by atoms with Crippen LogP contribution in [0.2, 0.25) is 0 Å². The van der Waals surface area contributed by atoms with Gasteiger partial charge in [0.25, 0.3) is 0 Å². The maximum atomic E-state index is 14.8. The minimum atomic E-state index is -1.51. The number of ketones is 1. The van der Waals surface area contributed by atoms with Crippen molar-refractivity contribution >= 4 is 17.2 Å². The van der Waals surface area contributed by atoms with Crippen molar-refractivity contribution in [3.63, 3.8) is 0 Å². The maximum absolute atomic E-state index is 14.8. The first-order chi connectivity index (χ1) is 18.9. The molecule has 190 valence electrons. The molecule has 7 rings (SSSR count). The molecule has 1 spiro atoms. The zero-order valence-electron chi connectivity index (χ0n) is 20.6. The minimum Gasteiger partial charge on any atom is -0.344 e. The van der Waals surface area contributed by atoms with Crippen LogP contribution in [-0.2, 0) is 5.41 Å². The van der Waals surface area contributed by atoms with Crippen LogP contribution in [-0.4, -0.2) is 12.8 Å². The summed E-state index contributed by atoms with van der Waals surface area (Å²) in [5, 5.41) is 0. The van der Waals surface area contributed by atoms with Crippen LogP contribution in [0.1, 0.15) is 38.2 Å². The van der Waals surface area contributed by atoms with E-state index in [1.54, 1.807) is 18.2 Å². The highest BCUT2D eigenvalue weighted by Crippen LogP contribution is 2.58. The quantitative estimate of drug-likeness (QED) is 0.162. The molecule has 0 fully saturated rings. The van der Waals surface area contributed by atoms with Crippen LogP contribution in [0.3, 0.4) is 0 Å². The lowest BCUT2D eigenvalue weighted by Crippen LogP contribution is -2.42. The molecule has 0 radical (unpaired) electrons. The van der Waals surface area contributed by atoms with Gasteiger partial charge in [-0.1, -0.05) is 72.8 Å². The molecule has 2 nitrogen and oxygen atoms in total. The highest BCUT2D eigenvalue weighted by atomic mass is 19.2. The fourth-order valence-electron chi connectivity index (χ4n) is 6.36. The van der Waals surface area contributed by atoms with E-state index in [9.17, 15) is 22.4 Å². The van der Waals surface area contributed by atoms with Crippen LogP contribution >= 0.6 is 0 Å². The molecule has 1 aliphatic carbocycles. The topological polar surface area (TPSA) is 20.3 Å². The average Bonchev–Trinajstić information content (AvgIpc) is 2.96. The molecule has 39 heavy (non-hydrogen) atoms. The Bertz CT molecular complexity index is 1790. The fraction of sp³-hybridized carbons (Fsp3) is 0.0606. The smallest absolute Gasteiger partial charge is 0.193 e. The van der Waals surface area contributed by atoms with E-state index in [1.807, 2.05) is 67.7 Å². The molecule has 1 heterocycles. The number of halogens is 4. The monoisotopic (exact) mass is 521 g/mol. The van der Waals surface area contributed by atoms with Crippen molar-refractivity contribution in [3.8, 4) is 11.1 Å². The number of hydrogen-bond acceptors (Lipinski definition) is 2. The summed E-state index contributed by atoms with van der Waals surface area (Å²) >= 11 is 0. The van der Waals surface area contributed by atoms with E-state index in [2.05, 4.69) is 4.90 Å². The van der Waals surface area contributed by atoms with Gasteiger partial charge in [-0.3, -0.25) is 4.79 Å². The van der Waals surface area contributed by atoms with Crippen molar-refractivity contribution in [2.24, 2.45) is 0 Å². The third-order valence-electron chi connectivity index (χ3n) is 7.98. The molecule has 0 bridgehead atoms. The molecule has 0 saturated heterocycles. The zero-order valence-corrected chi connectivity index (χ0v) is 20.6. The molecule has 0 saturated carbocycles. The summed E-state index contributed by atoms with van der Waals surface area (Å²) in [4.78, 5) is 16.1. The van der Waals surface area contributed by atoms with Gasteiger partial charge in [-0.15, -0.1) is 0 Å². The van der Waals surface area contributed by atoms with Crippen molar-refractivity contribution in [1.82, 2.24) is 0 Å². The van der Waals surface area contributed by atoms with Crippen molar-refractivity contribution in [3.05, 3.63) is 154 Å². The van der Waals surface area contributed by atoms with Gasteiger partial charge in [-0.2, -0.15) is 0 Å². The number of para-hydroxylation sites is 2. The summed E-state index contributed by atoms with van der Waals surface area (Å²) in [5.41, 5.74) is 3.94. The van der Waals surface area contributed by atoms with Crippen LogP contribution < -0.4 is 4.90 Å². The second-order valence-electron chi connectivity index (χ2n) is 9.82. The fourth-order valence-corrected chi connectivity index (χ4v) is 6.36. The van der Waals surface area contributed by atoms with Gasteiger partial charge < -0.3 is 4.90 Å². The molecular weight excluding hydrogens is 502 g/mol. The number of benzene rings is 5. The normalized spacial score (nSPS) is 14.5. The predicted molar refractivity (Wildman–Crippen MR) is 142 cm³/mol. The number of rotatable bonds is 1. The van der Waals surface area contributed by atoms with Crippen LogP contribution in [0.4, 0.5) is 28.9 Å². The second kappa shape index (κ2) is 8.14. The molecule has 6 heteroatoms. The van der Waals surface area contributed by atoms with E-state index < -0.39 is 34.2 Å². The first-order valence-corrected chi connectivity index (χ1v) is 12.4. The third-order valence-corrected chi connectivity index (χ3v) is 7.98. The number of anilines is 2. The van der Waals surface area contributed by atoms with Gasteiger partial charge in [0, 0.05) is 35.6 Å². The van der Waals surface area contributed by atoms with Gasteiger partial charge >= 0.3 is 0 Å². The molecular formula is C33H19F4NO. The largest absolute Gasteiger partial charge is 0.344 e. The molecule has 5 aromatic carbocycles. The summed E-state index contributed by atoms with van der Waals surface area (Å²) in [6.07, 6.45) is 0. The van der Waals surface area contributed by atoms with E-state index >= 15 is 0 Å². The Morgan fingerprint density at radius 1 is 0.590 bits per heavy atom. The Labute approximate surface area is 221 Å². The first-order valence-electron chi connectivity index (χ1n) is 12.4. The molecule has 1 aliphatic heterocycles. The number of hydrogen-bond donors (Lipinski definition) is 0. The Morgan fingerprint density at radius 3 is 1.72 bits per heavy atom. The Kier molecular flexibility index (Phi) is 4.89. The molecule has 0 N–H and O–H groups in total. The molecule has 0 amide bonds. The first kappa shape index (κ1) is 23.4. The van der Waals surface area contributed by atoms with Crippen LogP contribution in [0.5, 0.6) is 0 Å². The van der Waals surface area contributed by atoms with E-state index in [0.29, 0.717) is 11.1 Å². The molecule has 0 aromatic heterocycles. The van der Waals surface area contributed by atoms with Gasteiger partial charge in [0.05, 0.1) is 11.0 Å². The van der Waals surface area contributed by atoms with Gasteiger partial charge in [0.1, 0.15) is 0 Å². The lowest BCUT2D eigenvalue weighted by molar-refractivity contribution is 0.103. The van der Waals surface area contributed by atoms with E-state index in [4.69, 9.17) is 0 Å². The SMILES string of the molecule is CN1c2ccccc2C2(c3ccccc3C(=O)c3cc(-c4c(F)c(F)cc(F)c4F)ccc32)c2ccccc21. The lowest BCUT2D eigenvalue weighted by Gasteiger charge is -2.48. The molecule has 2 aliphatic rings. The van der Waals surface area contributed by atoms with Crippen LogP contribution in [0, 0.1) is 23.3 Å². The highest BCUT2D eigenvalue weighted by Gasteiger charge is 2.51. The standard InChI is InChI=1S/C33H19F4NO/c1-38-27-12-6-4-10-23(27)33(24-11-5-7-13-28(24)38)21-9-3-2-8-19(21)32(39)20-16-18(14-15-22(20)33)29-30(36)25(34)17-26(35)31(29)37/h2-17H,1H3. The van der Waals surface area contributed by atoms with Crippen molar-refractivity contribution in [1.29, 1.82) is 0 Å². The Balaban J connectivity index is 1.63. The van der Waals surface area contributed by atoms with Crippen molar-refractivity contribution < 1.29 is 22.4 Å². The van der Waals surface area contributed by atoms with E-state index in [0.717, 1.165) is 28.1 Å². The molecule has 5 aromatic rings. The number of carbonyl (C=O) groups is 1. The highest BCUT2D eigenvalue weighted by molar-refractivity contribution is 6.15. The van der Waals surface area contributed by atoms with Gasteiger partial charge in [-0.25, -0.2) is 17.6 Å². The molecule has 0 atom stereocenters. The summed E-state index contributed by atoms with van der Waals surface area (Å²) in [7, 11) is 1.98. The number of fused-ring (bicyclic) bond motifs is 8. The number of carbonyl (C=O) groups excluding carboxylic acids is 1. The van der Waals surface area contributed by atoms with Gasteiger partial charge in [0.2, 0.25) is 0 Å². The predicted octanol–water partition coefficient (Wildman–Crippen LogP) is 7.92. The van der Waals surface area contributed by atoms with E-state index in [-0.39, 0.29) is 23.0 Å². The second-order valence-corrected chi connectivity index (χ2v) is 9.82. The summed E-state index contributed by atoms with van der Waals surface area (Å²) in [5.74, 6) is -6.37.